The number of rotatable bonds is 6. The summed E-state index contributed by atoms with van der Waals surface area (Å²) >= 11 is 0. The van der Waals surface area contributed by atoms with Gasteiger partial charge in [-0.1, -0.05) is 0 Å². The molecule has 10 nitrogen and oxygen atoms in total. The number of sulfonamides is 1. The number of ether oxygens (including phenoxy) is 1. The zero-order chi connectivity index (χ0) is 21.2. The summed E-state index contributed by atoms with van der Waals surface area (Å²) in [5.41, 5.74) is 5.37. The Morgan fingerprint density at radius 1 is 1.10 bits per heavy atom. The molecule has 0 saturated carbocycles. The van der Waals surface area contributed by atoms with Gasteiger partial charge < -0.3 is 20.3 Å². The van der Waals surface area contributed by atoms with E-state index in [0.717, 1.165) is 5.82 Å². The number of carbonyl (C=O) groups excluding carboxylic acids is 1. The molecule has 1 saturated heterocycles. The Labute approximate surface area is 169 Å². The molecule has 2 aromatic rings. The van der Waals surface area contributed by atoms with E-state index in [1.54, 1.807) is 0 Å². The molecule has 11 heteroatoms. The molecule has 0 atom stereocenters. The van der Waals surface area contributed by atoms with Gasteiger partial charge in [0, 0.05) is 40.3 Å². The number of anilines is 2. The van der Waals surface area contributed by atoms with E-state index in [0.29, 0.717) is 18.9 Å². The minimum atomic E-state index is -3.77. The van der Waals surface area contributed by atoms with Crippen molar-refractivity contribution in [3.8, 4) is 5.75 Å². The van der Waals surface area contributed by atoms with Gasteiger partial charge in [0.05, 0.1) is 17.6 Å². The second-order valence-corrected chi connectivity index (χ2v) is 8.70. The second-order valence-electron chi connectivity index (χ2n) is 6.76. The van der Waals surface area contributed by atoms with Crippen molar-refractivity contribution >= 4 is 27.6 Å². The first kappa shape index (κ1) is 20.8. The molecule has 0 unspecified atom stereocenters. The molecule has 1 fully saturated rings. The monoisotopic (exact) mass is 420 g/mol. The zero-order valence-corrected chi connectivity index (χ0v) is 17.4. The largest absolute Gasteiger partial charge is 0.496 e. The highest BCUT2D eigenvalue weighted by atomic mass is 32.2. The standard InChI is InChI=1S/C18H24N6O4S/c1-22(2)16-6-7-17(21-20-16)23-8-10-24(11-9-23)29(26,27)13-4-5-15(28-3)14(12-13)18(19)25/h4-7,12H,8-11H2,1-3H3,(H2,19,25). The number of hydrogen-bond acceptors (Lipinski definition) is 8. The summed E-state index contributed by atoms with van der Waals surface area (Å²) in [4.78, 5) is 15.5. The number of nitrogens with zero attached hydrogens (tertiary/aromatic N) is 5. The summed E-state index contributed by atoms with van der Waals surface area (Å²) in [5, 5.41) is 8.38. The van der Waals surface area contributed by atoms with Crippen LogP contribution in [0, 0.1) is 0 Å². The first-order chi connectivity index (χ1) is 13.7. The van der Waals surface area contributed by atoms with Crippen LogP contribution < -0.4 is 20.3 Å². The fraction of sp³-hybridized carbons (Fsp3) is 0.389. The van der Waals surface area contributed by atoms with Gasteiger partial charge in [0.25, 0.3) is 5.91 Å². The molecule has 156 valence electrons. The van der Waals surface area contributed by atoms with Gasteiger partial charge in [0.1, 0.15) is 5.75 Å². The lowest BCUT2D eigenvalue weighted by molar-refractivity contribution is 0.0997. The van der Waals surface area contributed by atoms with E-state index in [4.69, 9.17) is 10.5 Å². The third-order valence-corrected chi connectivity index (χ3v) is 6.63. The van der Waals surface area contributed by atoms with Gasteiger partial charge in [-0.3, -0.25) is 4.79 Å². The number of amides is 1. The van der Waals surface area contributed by atoms with E-state index in [-0.39, 0.29) is 29.3 Å². The van der Waals surface area contributed by atoms with Gasteiger partial charge in [0.2, 0.25) is 10.0 Å². The van der Waals surface area contributed by atoms with E-state index < -0.39 is 15.9 Å². The highest BCUT2D eigenvalue weighted by Gasteiger charge is 2.30. The fourth-order valence-electron chi connectivity index (χ4n) is 3.07. The molecule has 1 aromatic heterocycles. The van der Waals surface area contributed by atoms with Crippen LogP contribution in [0.1, 0.15) is 10.4 Å². The zero-order valence-electron chi connectivity index (χ0n) is 16.6. The van der Waals surface area contributed by atoms with Crippen LogP contribution in [0.4, 0.5) is 11.6 Å². The molecule has 3 rings (SSSR count). The molecule has 1 amide bonds. The molecule has 0 aliphatic carbocycles. The third kappa shape index (κ3) is 4.25. The molecule has 1 aliphatic rings. The van der Waals surface area contributed by atoms with E-state index >= 15 is 0 Å². The Hall–Kier alpha value is -2.92. The average molecular weight is 420 g/mol. The lowest BCUT2D eigenvalue weighted by Crippen LogP contribution is -2.49. The molecular weight excluding hydrogens is 396 g/mol. The lowest BCUT2D eigenvalue weighted by atomic mass is 10.2. The van der Waals surface area contributed by atoms with E-state index in [1.165, 1.54) is 29.6 Å². The minimum absolute atomic E-state index is 0.00989. The third-order valence-electron chi connectivity index (χ3n) is 4.73. The lowest BCUT2D eigenvalue weighted by Gasteiger charge is -2.34. The van der Waals surface area contributed by atoms with E-state index in [2.05, 4.69) is 10.2 Å². The molecule has 0 bridgehead atoms. The first-order valence-corrected chi connectivity index (χ1v) is 10.4. The molecule has 0 spiro atoms. The van der Waals surface area contributed by atoms with Crippen LogP contribution in [0.3, 0.4) is 0 Å². The van der Waals surface area contributed by atoms with Crippen LogP contribution in [-0.2, 0) is 10.0 Å². The van der Waals surface area contributed by atoms with Gasteiger partial charge in [-0.05, 0) is 30.3 Å². The molecule has 1 aromatic carbocycles. The smallest absolute Gasteiger partial charge is 0.252 e. The summed E-state index contributed by atoms with van der Waals surface area (Å²) in [7, 11) is 1.40. The molecule has 2 heterocycles. The number of methoxy groups -OCH3 is 1. The van der Waals surface area contributed by atoms with E-state index in [9.17, 15) is 13.2 Å². The summed E-state index contributed by atoms with van der Waals surface area (Å²) < 4.78 is 32.5. The summed E-state index contributed by atoms with van der Waals surface area (Å²) in [6.07, 6.45) is 0. The Bertz CT molecular complexity index is 986. The number of nitrogens with two attached hydrogens (primary N) is 1. The summed E-state index contributed by atoms with van der Waals surface area (Å²) in [6, 6.07) is 7.85. The second kappa shape index (κ2) is 8.21. The van der Waals surface area contributed by atoms with Crippen molar-refractivity contribution in [2.45, 2.75) is 4.90 Å². The Kier molecular flexibility index (Phi) is 5.89. The van der Waals surface area contributed by atoms with Crippen molar-refractivity contribution in [3.63, 3.8) is 0 Å². The quantitative estimate of drug-likeness (QED) is 0.701. The SMILES string of the molecule is COc1ccc(S(=O)(=O)N2CCN(c3ccc(N(C)C)nn3)CC2)cc1C(N)=O. The molecule has 0 radical (unpaired) electrons. The van der Waals surface area contributed by atoms with Gasteiger partial charge >= 0.3 is 0 Å². The van der Waals surface area contributed by atoms with Crippen molar-refractivity contribution in [1.29, 1.82) is 0 Å². The predicted molar refractivity (Wildman–Crippen MR) is 109 cm³/mol. The molecule has 2 N–H and O–H groups in total. The minimum Gasteiger partial charge on any atom is -0.496 e. The number of hydrogen-bond donors (Lipinski definition) is 1. The first-order valence-electron chi connectivity index (χ1n) is 8.98. The number of primary amides is 1. The van der Waals surface area contributed by atoms with Gasteiger partial charge in [-0.2, -0.15) is 4.31 Å². The highest BCUT2D eigenvalue weighted by Crippen LogP contribution is 2.25. The maximum absolute atomic E-state index is 13.0. The van der Waals surface area contributed by atoms with Crippen LogP contribution in [0.5, 0.6) is 5.75 Å². The summed E-state index contributed by atoms with van der Waals surface area (Å²) in [5.74, 6) is 0.942. The number of aromatic nitrogens is 2. The van der Waals surface area contributed by atoms with Crippen LogP contribution in [0.2, 0.25) is 0 Å². The van der Waals surface area contributed by atoms with E-state index in [1.807, 2.05) is 36.0 Å². The highest BCUT2D eigenvalue weighted by molar-refractivity contribution is 7.89. The Morgan fingerprint density at radius 2 is 1.79 bits per heavy atom. The summed E-state index contributed by atoms with van der Waals surface area (Å²) in [6.45, 7) is 1.54. The van der Waals surface area contributed by atoms with Gasteiger partial charge in [-0.15, -0.1) is 10.2 Å². The van der Waals surface area contributed by atoms with Crippen LogP contribution in [-0.4, -0.2) is 76.2 Å². The van der Waals surface area contributed by atoms with Gasteiger partial charge in [-0.25, -0.2) is 8.42 Å². The molecule has 29 heavy (non-hydrogen) atoms. The maximum atomic E-state index is 13.0. The van der Waals surface area contributed by atoms with Crippen LogP contribution in [0.25, 0.3) is 0 Å². The van der Waals surface area contributed by atoms with Crippen LogP contribution >= 0.6 is 0 Å². The molecular formula is C18H24N6O4S. The Balaban J connectivity index is 1.74. The fourth-order valence-corrected chi connectivity index (χ4v) is 4.52. The predicted octanol–water partition coefficient (Wildman–Crippen LogP) is 0.161. The number of piperazine rings is 1. The van der Waals surface area contributed by atoms with Crippen molar-refractivity contribution in [1.82, 2.24) is 14.5 Å². The van der Waals surface area contributed by atoms with Crippen LogP contribution in [0.15, 0.2) is 35.2 Å². The van der Waals surface area contributed by atoms with Crippen molar-refractivity contribution in [2.75, 3.05) is 57.2 Å². The normalized spacial score (nSPS) is 15.2. The van der Waals surface area contributed by atoms with Crippen molar-refractivity contribution < 1.29 is 17.9 Å². The van der Waals surface area contributed by atoms with Crippen molar-refractivity contribution in [3.05, 3.63) is 35.9 Å². The van der Waals surface area contributed by atoms with Crippen molar-refractivity contribution in [2.24, 2.45) is 5.73 Å². The number of benzene rings is 1. The van der Waals surface area contributed by atoms with Gasteiger partial charge in [0.15, 0.2) is 11.6 Å². The molecule has 1 aliphatic heterocycles. The number of carbonyl (C=O) groups is 1. The maximum Gasteiger partial charge on any atom is 0.252 e. The average Bonchev–Trinajstić information content (AvgIpc) is 2.73. The Morgan fingerprint density at radius 3 is 2.31 bits per heavy atom. The topological polar surface area (TPSA) is 122 Å².